The molecule has 1 saturated heterocycles. The molecule has 2 aromatic rings. The van der Waals surface area contributed by atoms with E-state index in [0.29, 0.717) is 18.1 Å². The average molecular weight is 455 g/mol. The van der Waals surface area contributed by atoms with Crippen molar-refractivity contribution in [2.24, 2.45) is 5.92 Å². The third-order valence-corrected chi connectivity index (χ3v) is 8.63. The van der Waals surface area contributed by atoms with Gasteiger partial charge in [0.05, 0.1) is 12.2 Å². The summed E-state index contributed by atoms with van der Waals surface area (Å²) in [5.41, 5.74) is 3.96. The fraction of sp³-hybridized carbons (Fsp3) is 0.440. The first kappa shape index (κ1) is 20.9. The first-order valence-corrected chi connectivity index (χ1v) is 12.1. The number of hydrogen-bond acceptors (Lipinski definition) is 3. The Bertz CT molecular complexity index is 1080. The highest BCUT2D eigenvalue weighted by Crippen LogP contribution is 2.60. The van der Waals surface area contributed by atoms with Crippen LogP contribution in [0.5, 0.6) is 0 Å². The van der Waals surface area contributed by atoms with Gasteiger partial charge in [0.15, 0.2) is 4.87 Å². The standard InChI is InChI=1S/C25H27ClN2O2S/c1-16-7-4-5-8-18(16)14-27-21-12-11-19(26)13-20(21)25(23(27)30)28(15-24(2,3)31-25)22(29)17-9-6-10-17/h4-5,7-8,11-13,17H,6,9-10,14-15H2,1-3H3/t25-/m1/s1. The summed E-state index contributed by atoms with van der Waals surface area (Å²) in [5, 5.41) is 0.588. The number of hydrogen-bond donors (Lipinski definition) is 0. The molecule has 4 nitrogen and oxygen atoms in total. The van der Waals surface area contributed by atoms with E-state index in [0.717, 1.165) is 41.6 Å². The van der Waals surface area contributed by atoms with Gasteiger partial charge in [0.2, 0.25) is 5.91 Å². The molecule has 2 fully saturated rings. The molecule has 2 amide bonds. The SMILES string of the molecule is Cc1ccccc1CN1C(=O)[C@]2(SC(C)(C)CN2C(=O)C2CCC2)c2cc(Cl)ccc21. The van der Waals surface area contributed by atoms with Crippen molar-refractivity contribution in [3.63, 3.8) is 0 Å². The van der Waals surface area contributed by atoms with Crippen molar-refractivity contribution in [3.8, 4) is 0 Å². The van der Waals surface area contributed by atoms with Crippen LogP contribution in [0.1, 0.15) is 49.8 Å². The molecule has 0 unspecified atom stereocenters. The Labute approximate surface area is 192 Å². The minimum atomic E-state index is -1.04. The number of halogens is 1. The van der Waals surface area contributed by atoms with Gasteiger partial charge in [0.1, 0.15) is 0 Å². The number of thioether (sulfide) groups is 1. The molecule has 0 radical (unpaired) electrons. The molecule has 0 bridgehead atoms. The molecule has 2 aromatic carbocycles. The van der Waals surface area contributed by atoms with Crippen molar-refractivity contribution in [2.75, 3.05) is 11.4 Å². The Kier molecular flexibility index (Phi) is 4.91. The second-order valence-corrected chi connectivity index (χ2v) is 11.9. The molecule has 1 saturated carbocycles. The lowest BCUT2D eigenvalue weighted by molar-refractivity contribution is -0.146. The van der Waals surface area contributed by atoms with E-state index in [4.69, 9.17) is 11.6 Å². The van der Waals surface area contributed by atoms with E-state index >= 15 is 0 Å². The lowest BCUT2D eigenvalue weighted by Gasteiger charge is -2.37. The van der Waals surface area contributed by atoms with E-state index in [1.54, 1.807) is 11.8 Å². The molecular weight excluding hydrogens is 428 g/mol. The third-order valence-electron chi connectivity index (χ3n) is 6.80. The summed E-state index contributed by atoms with van der Waals surface area (Å²) in [4.78, 5) is 30.4. The predicted octanol–water partition coefficient (Wildman–Crippen LogP) is 5.50. The fourth-order valence-electron chi connectivity index (χ4n) is 4.98. The van der Waals surface area contributed by atoms with Crippen molar-refractivity contribution in [2.45, 2.75) is 56.2 Å². The minimum Gasteiger partial charge on any atom is -0.314 e. The molecule has 6 heteroatoms. The van der Waals surface area contributed by atoms with E-state index in [-0.39, 0.29) is 22.5 Å². The number of benzene rings is 2. The van der Waals surface area contributed by atoms with Crippen LogP contribution in [0.15, 0.2) is 42.5 Å². The summed E-state index contributed by atoms with van der Waals surface area (Å²) < 4.78 is -0.229. The number of anilines is 1. The maximum absolute atomic E-state index is 14.2. The Hall–Kier alpha value is -1.98. The molecule has 2 heterocycles. The maximum atomic E-state index is 14.2. The summed E-state index contributed by atoms with van der Waals surface area (Å²) in [6.07, 6.45) is 2.92. The summed E-state index contributed by atoms with van der Waals surface area (Å²) >= 11 is 8.02. The highest BCUT2D eigenvalue weighted by Gasteiger charge is 2.64. The molecule has 3 aliphatic rings. The van der Waals surface area contributed by atoms with Crippen molar-refractivity contribution in [1.82, 2.24) is 4.90 Å². The Morgan fingerprint density at radius 1 is 1.19 bits per heavy atom. The number of carbonyl (C=O) groups excluding carboxylic acids is 2. The zero-order chi connectivity index (χ0) is 22.0. The Morgan fingerprint density at radius 2 is 1.94 bits per heavy atom. The van der Waals surface area contributed by atoms with Crippen LogP contribution < -0.4 is 4.90 Å². The van der Waals surface area contributed by atoms with Crippen LogP contribution in [0.2, 0.25) is 5.02 Å². The molecular formula is C25H27ClN2O2S. The van der Waals surface area contributed by atoms with Gasteiger partial charge < -0.3 is 9.80 Å². The van der Waals surface area contributed by atoms with Gasteiger partial charge >= 0.3 is 0 Å². The third kappa shape index (κ3) is 3.20. The predicted molar refractivity (Wildman–Crippen MR) is 126 cm³/mol. The van der Waals surface area contributed by atoms with Crippen LogP contribution in [0, 0.1) is 12.8 Å². The van der Waals surface area contributed by atoms with Gasteiger partial charge in [-0.1, -0.05) is 42.3 Å². The minimum absolute atomic E-state index is 0.0312. The van der Waals surface area contributed by atoms with E-state index in [1.807, 2.05) is 40.1 Å². The van der Waals surface area contributed by atoms with E-state index in [1.165, 1.54) is 0 Å². The zero-order valence-electron chi connectivity index (χ0n) is 18.2. The second kappa shape index (κ2) is 7.28. The van der Waals surface area contributed by atoms with E-state index < -0.39 is 4.87 Å². The first-order chi connectivity index (χ1) is 14.7. The van der Waals surface area contributed by atoms with E-state index in [2.05, 4.69) is 32.9 Å². The summed E-state index contributed by atoms with van der Waals surface area (Å²) in [6.45, 7) is 7.34. The summed E-state index contributed by atoms with van der Waals surface area (Å²) in [5.74, 6) is 0.116. The van der Waals surface area contributed by atoms with Crippen molar-refractivity contribution < 1.29 is 9.59 Å². The van der Waals surface area contributed by atoms with E-state index in [9.17, 15) is 9.59 Å². The van der Waals surface area contributed by atoms with Crippen LogP contribution in [-0.4, -0.2) is 28.0 Å². The van der Waals surface area contributed by atoms with Gasteiger partial charge in [0.25, 0.3) is 5.91 Å². The molecule has 0 N–H and O–H groups in total. The second-order valence-electron chi connectivity index (χ2n) is 9.54. The lowest BCUT2D eigenvalue weighted by atomic mass is 9.83. The largest absolute Gasteiger partial charge is 0.314 e. The monoisotopic (exact) mass is 454 g/mol. The zero-order valence-corrected chi connectivity index (χ0v) is 19.7. The molecule has 1 atom stereocenters. The normalized spacial score (nSPS) is 24.6. The van der Waals surface area contributed by atoms with Crippen LogP contribution >= 0.6 is 23.4 Å². The van der Waals surface area contributed by atoms with Crippen molar-refractivity contribution in [1.29, 1.82) is 0 Å². The van der Waals surface area contributed by atoms with Gasteiger partial charge in [0, 0.05) is 27.8 Å². The highest BCUT2D eigenvalue weighted by atomic mass is 35.5. The van der Waals surface area contributed by atoms with Gasteiger partial charge in [-0.2, -0.15) is 0 Å². The van der Waals surface area contributed by atoms with Crippen LogP contribution in [0.3, 0.4) is 0 Å². The Balaban J connectivity index is 1.64. The molecule has 162 valence electrons. The van der Waals surface area contributed by atoms with Gasteiger partial charge in [-0.05, 0) is 62.9 Å². The van der Waals surface area contributed by atoms with Crippen LogP contribution in [-0.2, 0) is 21.0 Å². The van der Waals surface area contributed by atoms with Gasteiger partial charge in [-0.15, -0.1) is 11.8 Å². The number of amides is 2. The topological polar surface area (TPSA) is 40.6 Å². The first-order valence-electron chi connectivity index (χ1n) is 10.9. The number of rotatable bonds is 3. The highest BCUT2D eigenvalue weighted by molar-refractivity contribution is 8.02. The molecule has 5 rings (SSSR count). The number of nitrogens with zero attached hydrogens (tertiary/aromatic N) is 2. The van der Waals surface area contributed by atoms with Gasteiger partial charge in [-0.25, -0.2) is 0 Å². The molecule has 0 aromatic heterocycles. The van der Waals surface area contributed by atoms with Gasteiger partial charge in [-0.3, -0.25) is 9.59 Å². The number of aryl methyl sites for hydroxylation is 1. The molecule has 31 heavy (non-hydrogen) atoms. The number of fused-ring (bicyclic) bond motifs is 2. The van der Waals surface area contributed by atoms with Crippen molar-refractivity contribution >= 4 is 40.9 Å². The molecule has 2 aliphatic heterocycles. The van der Waals surface area contributed by atoms with Crippen LogP contribution in [0.25, 0.3) is 0 Å². The van der Waals surface area contributed by atoms with Crippen molar-refractivity contribution in [3.05, 3.63) is 64.2 Å². The summed E-state index contributed by atoms with van der Waals surface area (Å²) in [7, 11) is 0. The quantitative estimate of drug-likeness (QED) is 0.614. The summed E-state index contributed by atoms with van der Waals surface area (Å²) in [6, 6.07) is 13.8. The lowest BCUT2D eigenvalue weighted by Crippen LogP contribution is -2.52. The number of carbonyl (C=O) groups is 2. The molecule has 1 spiro atoms. The average Bonchev–Trinajstić information content (AvgIpc) is 3.08. The maximum Gasteiger partial charge on any atom is 0.268 e. The van der Waals surface area contributed by atoms with Crippen LogP contribution in [0.4, 0.5) is 5.69 Å². The molecule has 1 aliphatic carbocycles. The Morgan fingerprint density at radius 3 is 2.61 bits per heavy atom. The fourth-order valence-corrected chi connectivity index (χ4v) is 6.89. The smallest absolute Gasteiger partial charge is 0.268 e.